The van der Waals surface area contributed by atoms with Crippen LogP contribution in [0.3, 0.4) is 0 Å². The maximum absolute atomic E-state index is 5.41. The van der Waals surface area contributed by atoms with E-state index in [0.29, 0.717) is 18.1 Å². The van der Waals surface area contributed by atoms with Gasteiger partial charge in [0.2, 0.25) is 0 Å². The molecule has 0 saturated carbocycles. The van der Waals surface area contributed by atoms with Crippen molar-refractivity contribution in [1.29, 1.82) is 0 Å². The van der Waals surface area contributed by atoms with Crippen LogP contribution in [-0.2, 0) is 6.42 Å². The summed E-state index contributed by atoms with van der Waals surface area (Å²) in [6.45, 7) is 10.1. The Morgan fingerprint density at radius 1 is 0.957 bits per heavy atom. The second kappa shape index (κ2) is 5.91. The van der Waals surface area contributed by atoms with Gasteiger partial charge in [-0.3, -0.25) is 0 Å². The second-order valence-electron chi connectivity index (χ2n) is 5.99. The van der Waals surface area contributed by atoms with Crippen LogP contribution in [-0.4, -0.2) is 20.1 Å². The fourth-order valence-corrected chi connectivity index (χ4v) is 2.88. The third kappa shape index (κ3) is 3.13. The molecular formula is C18H20N4O. The predicted octanol–water partition coefficient (Wildman–Crippen LogP) is 3.66. The third-order valence-corrected chi connectivity index (χ3v) is 3.97. The van der Waals surface area contributed by atoms with Crippen molar-refractivity contribution < 1.29 is 4.52 Å². The minimum Gasteiger partial charge on any atom is -0.334 e. The summed E-state index contributed by atoms with van der Waals surface area (Å²) in [5.41, 5.74) is 6.65. The lowest BCUT2D eigenvalue weighted by molar-refractivity contribution is 0.423. The van der Waals surface area contributed by atoms with E-state index >= 15 is 0 Å². The molecule has 0 spiro atoms. The predicted molar refractivity (Wildman–Crippen MR) is 88.3 cm³/mol. The summed E-state index contributed by atoms with van der Waals surface area (Å²) in [5.74, 6) is 1.88. The van der Waals surface area contributed by atoms with Gasteiger partial charge in [0.1, 0.15) is 5.82 Å². The molecule has 2 heterocycles. The standard InChI is InChI=1S/C18H20N4O/c1-10-6-11(2)15(12(3)7-10)8-17-21-18(23-22-17)16-9-19-14(5)20-13(16)4/h6-7,9H,8H2,1-5H3. The lowest BCUT2D eigenvalue weighted by Crippen LogP contribution is -1.98. The molecule has 0 radical (unpaired) electrons. The molecule has 23 heavy (non-hydrogen) atoms. The summed E-state index contributed by atoms with van der Waals surface area (Å²) in [6, 6.07) is 4.36. The van der Waals surface area contributed by atoms with Gasteiger partial charge in [-0.2, -0.15) is 4.98 Å². The van der Waals surface area contributed by atoms with Crippen LogP contribution in [0.2, 0.25) is 0 Å². The largest absolute Gasteiger partial charge is 0.334 e. The van der Waals surface area contributed by atoms with E-state index in [-0.39, 0.29) is 0 Å². The zero-order valence-electron chi connectivity index (χ0n) is 14.1. The Bertz CT molecular complexity index is 844. The zero-order chi connectivity index (χ0) is 16.6. The molecule has 0 fully saturated rings. The van der Waals surface area contributed by atoms with E-state index in [0.717, 1.165) is 17.1 Å². The number of rotatable bonds is 3. The van der Waals surface area contributed by atoms with Gasteiger partial charge in [0.05, 0.1) is 11.3 Å². The van der Waals surface area contributed by atoms with Crippen LogP contribution < -0.4 is 0 Å². The molecular weight excluding hydrogens is 288 g/mol. The maximum Gasteiger partial charge on any atom is 0.261 e. The summed E-state index contributed by atoms with van der Waals surface area (Å²) in [7, 11) is 0. The van der Waals surface area contributed by atoms with E-state index in [4.69, 9.17) is 4.52 Å². The Hall–Kier alpha value is -2.56. The topological polar surface area (TPSA) is 64.7 Å². The van der Waals surface area contributed by atoms with Crippen molar-refractivity contribution >= 4 is 0 Å². The van der Waals surface area contributed by atoms with Gasteiger partial charge in [-0.25, -0.2) is 9.97 Å². The summed E-state index contributed by atoms with van der Waals surface area (Å²) in [4.78, 5) is 13.1. The van der Waals surface area contributed by atoms with Crippen LogP contribution in [0.4, 0.5) is 0 Å². The van der Waals surface area contributed by atoms with Crippen molar-refractivity contribution in [3.05, 3.63) is 57.9 Å². The van der Waals surface area contributed by atoms with E-state index in [2.05, 4.69) is 53.0 Å². The van der Waals surface area contributed by atoms with Crippen LogP contribution in [0.5, 0.6) is 0 Å². The highest BCUT2D eigenvalue weighted by atomic mass is 16.5. The number of benzene rings is 1. The van der Waals surface area contributed by atoms with Crippen molar-refractivity contribution in [3.63, 3.8) is 0 Å². The molecule has 5 heteroatoms. The van der Waals surface area contributed by atoms with Gasteiger partial charge in [0, 0.05) is 12.6 Å². The zero-order valence-corrected chi connectivity index (χ0v) is 14.1. The number of nitrogens with zero attached hydrogens (tertiary/aromatic N) is 4. The first-order valence-electron chi connectivity index (χ1n) is 7.64. The highest BCUT2D eigenvalue weighted by Gasteiger charge is 2.14. The van der Waals surface area contributed by atoms with Crippen molar-refractivity contribution in [2.24, 2.45) is 0 Å². The Kier molecular flexibility index (Phi) is 3.94. The van der Waals surface area contributed by atoms with Gasteiger partial charge in [-0.05, 0) is 51.3 Å². The third-order valence-electron chi connectivity index (χ3n) is 3.97. The lowest BCUT2D eigenvalue weighted by Gasteiger charge is -2.09. The highest BCUT2D eigenvalue weighted by molar-refractivity contribution is 5.54. The van der Waals surface area contributed by atoms with E-state index in [1.165, 1.54) is 22.3 Å². The smallest absolute Gasteiger partial charge is 0.261 e. The van der Waals surface area contributed by atoms with Crippen molar-refractivity contribution in [1.82, 2.24) is 20.1 Å². The number of aromatic nitrogens is 4. The van der Waals surface area contributed by atoms with Gasteiger partial charge in [0.15, 0.2) is 5.82 Å². The van der Waals surface area contributed by atoms with Gasteiger partial charge in [0.25, 0.3) is 5.89 Å². The van der Waals surface area contributed by atoms with Gasteiger partial charge in [-0.1, -0.05) is 22.9 Å². The minimum atomic E-state index is 0.472. The summed E-state index contributed by atoms with van der Waals surface area (Å²) >= 11 is 0. The van der Waals surface area contributed by atoms with Crippen molar-refractivity contribution in [2.45, 2.75) is 41.0 Å². The molecule has 0 aliphatic heterocycles. The molecule has 0 atom stereocenters. The molecule has 118 valence electrons. The molecule has 0 amide bonds. The molecule has 0 N–H and O–H groups in total. The first kappa shape index (κ1) is 15.3. The Morgan fingerprint density at radius 3 is 2.30 bits per heavy atom. The van der Waals surface area contributed by atoms with Crippen LogP contribution in [0.15, 0.2) is 22.9 Å². The number of hydrogen-bond donors (Lipinski definition) is 0. The van der Waals surface area contributed by atoms with Crippen LogP contribution in [0, 0.1) is 34.6 Å². The molecule has 0 aliphatic carbocycles. The molecule has 3 aromatic rings. The van der Waals surface area contributed by atoms with E-state index in [1.807, 2.05) is 13.8 Å². The Balaban J connectivity index is 1.91. The van der Waals surface area contributed by atoms with Gasteiger partial charge in [-0.15, -0.1) is 0 Å². The first-order valence-corrected chi connectivity index (χ1v) is 7.64. The van der Waals surface area contributed by atoms with E-state index < -0.39 is 0 Å². The SMILES string of the molecule is Cc1cc(C)c(Cc2noc(-c3cnc(C)nc3C)n2)c(C)c1. The molecule has 0 bridgehead atoms. The normalized spacial score (nSPS) is 11.0. The quantitative estimate of drug-likeness (QED) is 0.739. The van der Waals surface area contributed by atoms with Crippen LogP contribution in [0.1, 0.15) is 39.6 Å². The second-order valence-corrected chi connectivity index (χ2v) is 5.99. The minimum absolute atomic E-state index is 0.472. The molecule has 3 rings (SSSR count). The number of hydrogen-bond acceptors (Lipinski definition) is 5. The average molecular weight is 308 g/mol. The first-order chi connectivity index (χ1) is 10.9. The number of aryl methyl sites for hydroxylation is 5. The molecule has 0 unspecified atom stereocenters. The Labute approximate surface area is 135 Å². The Morgan fingerprint density at radius 2 is 1.65 bits per heavy atom. The monoisotopic (exact) mass is 308 g/mol. The van der Waals surface area contributed by atoms with Crippen molar-refractivity contribution in [3.8, 4) is 11.5 Å². The molecule has 0 saturated heterocycles. The van der Waals surface area contributed by atoms with Gasteiger partial charge >= 0.3 is 0 Å². The highest BCUT2D eigenvalue weighted by Crippen LogP contribution is 2.22. The summed E-state index contributed by atoms with van der Waals surface area (Å²) in [6.07, 6.45) is 2.39. The fourth-order valence-electron chi connectivity index (χ4n) is 2.88. The summed E-state index contributed by atoms with van der Waals surface area (Å²) < 4.78 is 5.41. The maximum atomic E-state index is 5.41. The summed E-state index contributed by atoms with van der Waals surface area (Å²) in [5, 5.41) is 4.11. The molecule has 1 aromatic carbocycles. The fraction of sp³-hybridized carbons (Fsp3) is 0.333. The van der Waals surface area contributed by atoms with E-state index in [1.54, 1.807) is 6.20 Å². The van der Waals surface area contributed by atoms with E-state index in [9.17, 15) is 0 Å². The molecule has 2 aromatic heterocycles. The van der Waals surface area contributed by atoms with Gasteiger partial charge < -0.3 is 4.52 Å². The lowest BCUT2D eigenvalue weighted by atomic mass is 9.97. The van der Waals surface area contributed by atoms with Crippen LogP contribution >= 0.6 is 0 Å². The molecule has 0 aliphatic rings. The average Bonchev–Trinajstić information content (AvgIpc) is 2.91. The van der Waals surface area contributed by atoms with Crippen LogP contribution in [0.25, 0.3) is 11.5 Å². The van der Waals surface area contributed by atoms with Crippen molar-refractivity contribution in [2.75, 3.05) is 0 Å². The molecule has 5 nitrogen and oxygen atoms in total.